The second kappa shape index (κ2) is 5.43. The first-order valence-corrected chi connectivity index (χ1v) is 7.06. The molecule has 1 fully saturated rings. The van der Waals surface area contributed by atoms with Gasteiger partial charge in [0, 0.05) is 11.9 Å². The van der Waals surface area contributed by atoms with E-state index in [1.165, 1.54) is 32.1 Å². The van der Waals surface area contributed by atoms with Crippen molar-refractivity contribution < 1.29 is 0 Å². The number of benzene rings is 1. The second-order valence-corrected chi connectivity index (χ2v) is 5.32. The largest absolute Gasteiger partial charge is 0.369 e. The number of anilines is 1. The van der Waals surface area contributed by atoms with Crippen LogP contribution in [0.2, 0.25) is 0 Å². The first-order valence-electron chi connectivity index (χ1n) is 7.06. The van der Waals surface area contributed by atoms with Crippen molar-refractivity contribution in [3.63, 3.8) is 0 Å². The van der Waals surface area contributed by atoms with E-state index >= 15 is 0 Å². The van der Waals surface area contributed by atoms with Crippen molar-refractivity contribution in [2.75, 3.05) is 11.9 Å². The van der Waals surface area contributed by atoms with Crippen molar-refractivity contribution >= 4 is 16.7 Å². The molecule has 0 aliphatic heterocycles. The number of para-hydroxylation sites is 1. The molecular weight excluding hydrogens is 238 g/mol. The first-order chi connectivity index (χ1) is 9.33. The van der Waals surface area contributed by atoms with Crippen LogP contribution in [0.3, 0.4) is 0 Å². The molecule has 3 rings (SSSR count). The van der Waals surface area contributed by atoms with Gasteiger partial charge >= 0.3 is 5.69 Å². The van der Waals surface area contributed by atoms with Gasteiger partial charge in [0.15, 0.2) is 0 Å². The normalized spacial score (nSPS) is 16.6. The minimum absolute atomic E-state index is 0.287. The van der Waals surface area contributed by atoms with Gasteiger partial charge < -0.3 is 10.3 Å². The lowest BCUT2D eigenvalue weighted by Crippen LogP contribution is -2.20. The van der Waals surface area contributed by atoms with E-state index in [2.05, 4.69) is 15.3 Å². The highest BCUT2D eigenvalue weighted by Gasteiger charge is 2.14. The lowest BCUT2D eigenvalue weighted by atomic mass is 9.89. The zero-order valence-electron chi connectivity index (χ0n) is 11.0. The lowest BCUT2D eigenvalue weighted by Gasteiger charge is -2.22. The Kier molecular flexibility index (Phi) is 3.49. The van der Waals surface area contributed by atoms with Crippen molar-refractivity contribution in [2.45, 2.75) is 32.1 Å². The number of nitrogens with one attached hydrogen (secondary N) is 2. The van der Waals surface area contributed by atoms with Crippen molar-refractivity contribution in [2.24, 2.45) is 5.92 Å². The van der Waals surface area contributed by atoms with Crippen LogP contribution < -0.4 is 11.0 Å². The third-order valence-corrected chi connectivity index (χ3v) is 3.92. The van der Waals surface area contributed by atoms with E-state index in [4.69, 9.17) is 0 Å². The molecular formula is C15H19N3O. The number of rotatable bonds is 3. The lowest BCUT2D eigenvalue weighted by molar-refractivity contribution is 0.373. The molecule has 1 heterocycles. The Labute approximate surface area is 112 Å². The standard InChI is InChI=1S/C15H19N3O/c19-15-17-13-9-5-4-8-12(13)14(18-15)16-10-11-6-2-1-3-7-11/h4-5,8-9,11H,1-3,6-7,10H2,(H2,16,17,18,19). The molecule has 0 atom stereocenters. The zero-order valence-corrected chi connectivity index (χ0v) is 11.0. The summed E-state index contributed by atoms with van der Waals surface area (Å²) in [6.07, 6.45) is 6.59. The molecule has 1 aromatic heterocycles. The van der Waals surface area contributed by atoms with Crippen molar-refractivity contribution in [3.8, 4) is 0 Å². The first kappa shape index (κ1) is 12.2. The number of hydrogen-bond donors (Lipinski definition) is 2. The Hall–Kier alpha value is -1.84. The molecule has 0 unspecified atom stereocenters. The van der Waals surface area contributed by atoms with Gasteiger partial charge in [-0.3, -0.25) is 0 Å². The number of H-pyrrole nitrogens is 1. The van der Waals surface area contributed by atoms with Gasteiger partial charge in [-0.1, -0.05) is 31.4 Å². The van der Waals surface area contributed by atoms with E-state index < -0.39 is 0 Å². The summed E-state index contributed by atoms with van der Waals surface area (Å²) in [5.41, 5.74) is 0.554. The summed E-state index contributed by atoms with van der Waals surface area (Å²) < 4.78 is 0. The smallest absolute Gasteiger partial charge is 0.347 e. The highest BCUT2D eigenvalue weighted by Crippen LogP contribution is 2.24. The Bertz CT molecular complexity index is 614. The van der Waals surface area contributed by atoms with Crippen LogP contribution in [0, 0.1) is 5.92 Å². The van der Waals surface area contributed by atoms with Gasteiger partial charge in [-0.2, -0.15) is 4.98 Å². The maximum Gasteiger partial charge on any atom is 0.347 e. The summed E-state index contributed by atoms with van der Waals surface area (Å²) >= 11 is 0. The summed E-state index contributed by atoms with van der Waals surface area (Å²) in [4.78, 5) is 18.4. The molecule has 0 radical (unpaired) electrons. The fourth-order valence-electron chi connectivity index (χ4n) is 2.87. The van der Waals surface area contributed by atoms with E-state index in [1.54, 1.807) is 0 Å². The van der Waals surface area contributed by atoms with Crippen LogP contribution >= 0.6 is 0 Å². The molecule has 2 aromatic rings. The van der Waals surface area contributed by atoms with Crippen LogP contribution in [-0.4, -0.2) is 16.5 Å². The van der Waals surface area contributed by atoms with Crippen molar-refractivity contribution in [3.05, 3.63) is 34.7 Å². The maximum atomic E-state index is 11.5. The molecule has 0 amide bonds. The van der Waals surface area contributed by atoms with Crippen LogP contribution in [0.1, 0.15) is 32.1 Å². The number of aromatic amines is 1. The summed E-state index contributed by atoms with van der Waals surface area (Å²) in [6.45, 7) is 0.917. The van der Waals surface area contributed by atoms with Gasteiger partial charge in [0.1, 0.15) is 5.82 Å². The molecule has 1 saturated carbocycles. The van der Waals surface area contributed by atoms with Gasteiger partial charge in [0.2, 0.25) is 0 Å². The Morgan fingerprint density at radius 1 is 1.21 bits per heavy atom. The average molecular weight is 257 g/mol. The topological polar surface area (TPSA) is 57.8 Å². The monoisotopic (exact) mass is 257 g/mol. The Morgan fingerprint density at radius 3 is 2.84 bits per heavy atom. The van der Waals surface area contributed by atoms with E-state index in [-0.39, 0.29) is 5.69 Å². The van der Waals surface area contributed by atoms with Gasteiger partial charge in [-0.25, -0.2) is 4.79 Å². The zero-order chi connectivity index (χ0) is 13.1. The molecule has 4 nitrogen and oxygen atoms in total. The highest BCUT2D eigenvalue weighted by atomic mass is 16.1. The molecule has 4 heteroatoms. The third kappa shape index (κ3) is 2.78. The minimum Gasteiger partial charge on any atom is -0.369 e. The molecule has 19 heavy (non-hydrogen) atoms. The molecule has 1 aliphatic carbocycles. The summed E-state index contributed by atoms with van der Waals surface area (Å²) in [5, 5.41) is 4.35. The van der Waals surface area contributed by atoms with Crippen LogP contribution in [0.15, 0.2) is 29.1 Å². The summed E-state index contributed by atoms with van der Waals surface area (Å²) in [6, 6.07) is 7.78. The van der Waals surface area contributed by atoms with Crippen molar-refractivity contribution in [1.82, 2.24) is 9.97 Å². The van der Waals surface area contributed by atoms with Gasteiger partial charge in [0.05, 0.1) is 5.52 Å². The summed E-state index contributed by atoms with van der Waals surface area (Å²) in [5.74, 6) is 1.43. The molecule has 0 bridgehead atoms. The van der Waals surface area contributed by atoms with E-state index in [0.29, 0.717) is 11.7 Å². The predicted molar refractivity (Wildman–Crippen MR) is 77.4 cm³/mol. The third-order valence-electron chi connectivity index (χ3n) is 3.92. The molecule has 1 aliphatic rings. The molecule has 100 valence electrons. The Balaban J connectivity index is 1.81. The second-order valence-electron chi connectivity index (χ2n) is 5.32. The number of hydrogen-bond acceptors (Lipinski definition) is 3. The van der Waals surface area contributed by atoms with Crippen LogP contribution in [0.4, 0.5) is 5.82 Å². The fourth-order valence-corrected chi connectivity index (χ4v) is 2.87. The quantitative estimate of drug-likeness (QED) is 0.888. The van der Waals surface area contributed by atoms with Gasteiger partial charge in [-0.15, -0.1) is 0 Å². The van der Waals surface area contributed by atoms with Crippen LogP contribution in [-0.2, 0) is 0 Å². The maximum absolute atomic E-state index is 11.5. The SMILES string of the molecule is O=c1nc(NCC2CCCCC2)c2ccccc2[nH]1. The highest BCUT2D eigenvalue weighted by molar-refractivity contribution is 5.88. The summed E-state index contributed by atoms with van der Waals surface area (Å²) in [7, 11) is 0. The number of nitrogens with zero attached hydrogens (tertiary/aromatic N) is 1. The van der Waals surface area contributed by atoms with Crippen LogP contribution in [0.5, 0.6) is 0 Å². The number of fused-ring (bicyclic) bond motifs is 1. The molecule has 0 spiro atoms. The van der Waals surface area contributed by atoms with Gasteiger partial charge in [-0.05, 0) is 30.9 Å². The predicted octanol–water partition coefficient (Wildman–Crippen LogP) is 2.92. The van der Waals surface area contributed by atoms with E-state index in [1.807, 2.05) is 24.3 Å². The molecule has 1 aromatic carbocycles. The van der Waals surface area contributed by atoms with Crippen LogP contribution in [0.25, 0.3) is 10.9 Å². The average Bonchev–Trinajstić information content (AvgIpc) is 2.45. The fraction of sp³-hybridized carbons (Fsp3) is 0.467. The molecule has 2 N–H and O–H groups in total. The van der Waals surface area contributed by atoms with Crippen molar-refractivity contribution in [1.29, 1.82) is 0 Å². The minimum atomic E-state index is -0.287. The number of aromatic nitrogens is 2. The molecule has 0 saturated heterocycles. The Morgan fingerprint density at radius 2 is 2.00 bits per heavy atom. The van der Waals surface area contributed by atoms with E-state index in [0.717, 1.165) is 17.4 Å². The van der Waals surface area contributed by atoms with Gasteiger partial charge in [0.25, 0.3) is 0 Å². The van der Waals surface area contributed by atoms with E-state index in [9.17, 15) is 4.79 Å².